The highest BCUT2D eigenvalue weighted by Gasteiger charge is 2.27. The number of nitrogens with zero attached hydrogens (tertiary/aromatic N) is 4. The summed E-state index contributed by atoms with van der Waals surface area (Å²) >= 11 is 0. The van der Waals surface area contributed by atoms with E-state index in [1.165, 1.54) is 0 Å². The number of aryl methyl sites for hydroxylation is 1. The van der Waals surface area contributed by atoms with E-state index in [1.807, 2.05) is 6.92 Å². The number of benzene rings is 1. The van der Waals surface area contributed by atoms with E-state index in [0.29, 0.717) is 47.0 Å². The number of carbonyl (C=O) groups excluding carboxylic acids is 1. The van der Waals surface area contributed by atoms with Crippen LogP contribution in [-0.4, -0.2) is 39.4 Å². The summed E-state index contributed by atoms with van der Waals surface area (Å²) < 4.78 is 16.5. The number of ether oxygens (including phenoxy) is 2. The number of hydrogen-bond acceptors (Lipinski definition) is 8. The number of aromatic nitrogens is 4. The minimum Gasteiger partial charge on any atom is -0.454 e. The molecule has 2 aromatic heterocycles. The lowest BCUT2D eigenvalue weighted by molar-refractivity contribution is 0.0942. The molecular formula is C22H23N5O4. The summed E-state index contributed by atoms with van der Waals surface area (Å²) in [4.78, 5) is 21.0. The number of amides is 1. The van der Waals surface area contributed by atoms with E-state index in [9.17, 15) is 4.79 Å². The molecule has 2 aliphatic rings. The Kier molecular flexibility index (Phi) is 5.23. The molecule has 31 heavy (non-hydrogen) atoms. The van der Waals surface area contributed by atoms with Gasteiger partial charge in [-0.15, -0.1) is 10.2 Å². The predicted molar refractivity (Wildman–Crippen MR) is 110 cm³/mol. The van der Waals surface area contributed by atoms with Gasteiger partial charge in [0.1, 0.15) is 5.69 Å². The second-order valence-electron chi connectivity index (χ2n) is 7.98. The maximum Gasteiger partial charge on any atom is 0.267 e. The number of rotatable bonds is 5. The van der Waals surface area contributed by atoms with Crippen molar-refractivity contribution in [3.8, 4) is 23.1 Å². The lowest BCUT2D eigenvalue weighted by atomic mass is 9.82. The van der Waals surface area contributed by atoms with Crippen LogP contribution in [0.2, 0.25) is 0 Å². The van der Waals surface area contributed by atoms with Gasteiger partial charge in [0.15, 0.2) is 11.5 Å². The summed E-state index contributed by atoms with van der Waals surface area (Å²) in [5.74, 6) is 2.92. The zero-order valence-electron chi connectivity index (χ0n) is 17.2. The minimum absolute atomic E-state index is 0.0961. The predicted octanol–water partition coefficient (Wildman–Crippen LogP) is 3.27. The van der Waals surface area contributed by atoms with Crippen LogP contribution in [0.4, 0.5) is 0 Å². The molecule has 0 spiro atoms. The van der Waals surface area contributed by atoms with E-state index in [0.717, 1.165) is 31.4 Å². The Bertz CT molecular complexity index is 1070. The van der Waals surface area contributed by atoms with Crippen LogP contribution in [0.1, 0.15) is 53.5 Å². The van der Waals surface area contributed by atoms with E-state index in [2.05, 4.69) is 25.5 Å². The van der Waals surface area contributed by atoms with Crippen molar-refractivity contribution in [2.24, 2.45) is 5.92 Å². The van der Waals surface area contributed by atoms with Gasteiger partial charge >= 0.3 is 0 Å². The third kappa shape index (κ3) is 4.21. The summed E-state index contributed by atoms with van der Waals surface area (Å²) in [5, 5.41) is 11.4. The fourth-order valence-electron chi connectivity index (χ4n) is 4.00. The Morgan fingerprint density at radius 3 is 2.71 bits per heavy atom. The molecule has 160 valence electrons. The van der Waals surface area contributed by atoms with Gasteiger partial charge in [0.05, 0.1) is 11.9 Å². The zero-order valence-corrected chi connectivity index (χ0v) is 17.2. The highest BCUT2D eigenvalue weighted by Crippen LogP contribution is 2.36. The van der Waals surface area contributed by atoms with Crippen LogP contribution < -0.4 is 14.8 Å². The first-order chi connectivity index (χ1) is 15.2. The van der Waals surface area contributed by atoms with Gasteiger partial charge in [-0.2, -0.15) is 0 Å². The van der Waals surface area contributed by atoms with Gasteiger partial charge in [0, 0.05) is 24.2 Å². The summed E-state index contributed by atoms with van der Waals surface area (Å²) in [6.45, 7) is 2.73. The summed E-state index contributed by atoms with van der Waals surface area (Å²) in [7, 11) is 0. The highest BCUT2D eigenvalue weighted by molar-refractivity contribution is 5.94. The van der Waals surface area contributed by atoms with Crippen LogP contribution in [0.3, 0.4) is 0 Å². The quantitative estimate of drug-likeness (QED) is 0.668. The molecular weight excluding hydrogens is 398 g/mol. The largest absolute Gasteiger partial charge is 0.454 e. The van der Waals surface area contributed by atoms with E-state index < -0.39 is 0 Å². The Morgan fingerprint density at radius 1 is 1.06 bits per heavy atom. The molecule has 3 aromatic rings. The molecule has 3 heterocycles. The third-order valence-corrected chi connectivity index (χ3v) is 5.82. The van der Waals surface area contributed by atoms with Crippen LogP contribution in [0.25, 0.3) is 11.6 Å². The summed E-state index contributed by atoms with van der Waals surface area (Å²) in [6.07, 6.45) is 7.22. The van der Waals surface area contributed by atoms with Crippen molar-refractivity contribution < 1.29 is 18.7 Å². The maximum absolute atomic E-state index is 12.5. The van der Waals surface area contributed by atoms with Crippen molar-refractivity contribution in [1.82, 2.24) is 25.5 Å². The van der Waals surface area contributed by atoms with Gasteiger partial charge in [-0.1, -0.05) is 0 Å². The van der Waals surface area contributed by atoms with E-state index in [4.69, 9.17) is 13.9 Å². The SMILES string of the molecule is Cc1cnc(-c2nnc(C3CCC(CNC(=O)c4ccc5c(c4)OCO5)CC3)o2)cn1. The van der Waals surface area contributed by atoms with Gasteiger partial charge in [-0.25, -0.2) is 4.98 Å². The van der Waals surface area contributed by atoms with Crippen molar-refractivity contribution in [2.75, 3.05) is 13.3 Å². The lowest BCUT2D eigenvalue weighted by Gasteiger charge is -2.26. The molecule has 0 radical (unpaired) electrons. The number of carbonyl (C=O) groups is 1. The van der Waals surface area contributed by atoms with Crippen LogP contribution >= 0.6 is 0 Å². The Labute approximate surface area is 179 Å². The van der Waals surface area contributed by atoms with Crippen molar-refractivity contribution in [3.63, 3.8) is 0 Å². The third-order valence-electron chi connectivity index (χ3n) is 5.82. The van der Waals surface area contributed by atoms with Gasteiger partial charge in [-0.3, -0.25) is 9.78 Å². The molecule has 1 aromatic carbocycles. The van der Waals surface area contributed by atoms with Crippen LogP contribution in [0.15, 0.2) is 35.0 Å². The zero-order chi connectivity index (χ0) is 21.2. The Hall–Kier alpha value is -3.49. The second-order valence-corrected chi connectivity index (χ2v) is 7.98. The topological polar surface area (TPSA) is 112 Å². The molecule has 5 rings (SSSR count). The summed E-state index contributed by atoms with van der Waals surface area (Å²) in [6, 6.07) is 5.24. The number of fused-ring (bicyclic) bond motifs is 1. The fourth-order valence-corrected chi connectivity index (χ4v) is 4.00. The molecule has 1 fully saturated rings. The lowest BCUT2D eigenvalue weighted by Crippen LogP contribution is -2.31. The molecule has 1 aliphatic carbocycles. The smallest absolute Gasteiger partial charge is 0.267 e. The van der Waals surface area contributed by atoms with Crippen LogP contribution in [0.5, 0.6) is 11.5 Å². The fraction of sp³-hybridized carbons (Fsp3) is 0.409. The van der Waals surface area contributed by atoms with Gasteiger partial charge in [0.2, 0.25) is 12.7 Å². The maximum atomic E-state index is 12.5. The summed E-state index contributed by atoms with van der Waals surface area (Å²) in [5.41, 5.74) is 2.01. The van der Waals surface area contributed by atoms with Crippen LogP contribution in [0, 0.1) is 12.8 Å². The molecule has 0 saturated heterocycles. The molecule has 0 unspecified atom stereocenters. The standard InChI is InChI=1S/C22H23N5O4/c1-13-9-24-17(11-23-13)22-27-26-21(31-22)15-4-2-14(3-5-15)10-25-20(28)16-6-7-18-19(8-16)30-12-29-18/h6-9,11,14-15H,2-5,10,12H2,1H3,(H,25,28). The Morgan fingerprint density at radius 2 is 1.90 bits per heavy atom. The van der Waals surface area contributed by atoms with Gasteiger partial charge < -0.3 is 19.2 Å². The molecule has 9 heteroatoms. The monoisotopic (exact) mass is 421 g/mol. The minimum atomic E-state index is -0.0961. The molecule has 1 N–H and O–H groups in total. The van der Waals surface area contributed by atoms with Crippen molar-refractivity contribution >= 4 is 5.91 Å². The first kappa shape index (κ1) is 19.5. The molecule has 0 bridgehead atoms. The first-order valence-electron chi connectivity index (χ1n) is 10.5. The molecule has 1 amide bonds. The average Bonchev–Trinajstić information content (AvgIpc) is 3.48. The molecule has 1 saturated carbocycles. The highest BCUT2D eigenvalue weighted by atomic mass is 16.7. The molecule has 9 nitrogen and oxygen atoms in total. The number of hydrogen-bond donors (Lipinski definition) is 1. The van der Waals surface area contributed by atoms with Crippen LogP contribution in [-0.2, 0) is 0 Å². The first-order valence-corrected chi connectivity index (χ1v) is 10.5. The normalized spacial score (nSPS) is 19.9. The molecule has 1 aliphatic heterocycles. The van der Waals surface area contributed by atoms with E-state index >= 15 is 0 Å². The van der Waals surface area contributed by atoms with Crippen molar-refractivity contribution in [1.29, 1.82) is 0 Å². The molecule has 0 atom stereocenters. The average molecular weight is 421 g/mol. The number of nitrogens with one attached hydrogen (secondary N) is 1. The van der Waals surface area contributed by atoms with E-state index in [1.54, 1.807) is 30.6 Å². The van der Waals surface area contributed by atoms with Crippen molar-refractivity contribution in [3.05, 3.63) is 47.7 Å². The van der Waals surface area contributed by atoms with Crippen molar-refractivity contribution in [2.45, 2.75) is 38.5 Å². The second kappa shape index (κ2) is 8.33. The Balaban J connectivity index is 1.12. The van der Waals surface area contributed by atoms with Gasteiger partial charge in [0.25, 0.3) is 11.8 Å². The van der Waals surface area contributed by atoms with Gasteiger partial charge in [-0.05, 0) is 56.7 Å². The van der Waals surface area contributed by atoms with E-state index in [-0.39, 0.29) is 18.6 Å².